The molecule has 16 heavy (non-hydrogen) atoms. The Hall–Kier alpha value is -0.480. The van der Waals surface area contributed by atoms with E-state index in [2.05, 4.69) is 5.92 Å². The summed E-state index contributed by atoms with van der Waals surface area (Å²) in [5, 5.41) is 10.4. The standard InChI is InChI=1S/C15H22O/c1-2-3-4-14(16)15-8-11-5-12(9-15)7-13(6-11)10-15/h1,11-14,16H,3-10H2. The maximum absolute atomic E-state index is 10.4. The molecule has 0 radical (unpaired) electrons. The summed E-state index contributed by atoms with van der Waals surface area (Å²) in [7, 11) is 0. The summed E-state index contributed by atoms with van der Waals surface area (Å²) in [6, 6.07) is 0. The number of hydrogen-bond acceptors (Lipinski definition) is 1. The van der Waals surface area contributed by atoms with E-state index < -0.39 is 0 Å². The fourth-order valence-corrected chi connectivity index (χ4v) is 5.11. The van der Waals surface area contributed by atoms with E-state index in [0.717, 1.165) is 30.6 Å². The molecule has 1 nitrogen and oxygen atoms in total. The third kappa shape index (κ3) is 1.59. The summed E-state index contributed by atoms with van der Waals surface area (Å²) in [4.78, 5) is 0. The predicted octanol–water partition coefficient (Wildman–Crippen LogP) is 2.98. The van der Waals surface area contributed by atoms with E-state index in [1.54, 1.807) is 0 Å². The van der Waals surface area contributed by atoms with Crippen molar-refractivity contribution in [1.82, 2.24) is 0 Å². The summed E-state index contributed by atoms with van der Waals surface area (Å²) in [6.45, 7) is 0. The minimum atomic E-state index is -0.128. The van der Waals surface area contributed by atoms with Crippen molar-refractivity contribution in [2.45, 2.75) is 57.5 Å². The van der Waals surface area contributed by atoms with Crippen molar-refractivity contribution in [2.24, 2.45) is 23.2 Å². The van der Waals surface area contributed by atoms with Crippen LogP contribution in [-0.2, 0) is 0 Å². The normalized spacial score (nSPS) is 46.6. The minimum Gasteiger partial charge on any atom is -0.393 e. The van der Waals surface area contributed by atoms with Gasteiger partial charge in [-0.05, 0) is 68.1 Å². The molecule has 4 aliphatic rings. The Morgan fingerprint density at radius 2 is 1.62 bits per heavy atom. The van der Waals surface area contributed by atoms with Crippen LogP contribution in [-0.4, -0.2) is 11.2 Å². The first-order valence-electron chi connectivity index (χ1n) is 6.83. The molecule has 0 aromatic rings. The third-order valence-electron chi connectivity index (χ3n) is 5.35. The zero-order valence-electron chi connectivity index (χ0n) is 9.99. The van der Waals surface area contributed by atoms with Crippen LogP contribution in [0.15, 0.2) is 0 Å². The number of aliphatic hydroxyl groups excluding tert-OH is 1. The van der Waals surface area contributed by atoms with Crippen molar-refractivity contribution >= 4 is 0 Å². The lowest BCUT2D eigenvalue weighted by Gasteiger charge is -2.58. The van der Waals surface area contributed by atoms with Gasteiger partial charge in [-0.15, -0.1) is 12.3 Å². The van der Waals surface area contributed by atoms with E-state index >= 15 is 0 Å². The molecule has 1 unspecified atom stereocenters. The van der Waals surface area contributed by atoms with Gasteiger partial charge >= 0.3 is 0 Å². The monoisotopic (exact) mass is 218 g/mol. The molecule has 4 fully saturated rings. The Bertz CT molecular complexity index is 277. The molecule has 0 saturated heterocycles. The molecular formula is C15H22O. The Balaban J connectivity index is 1.75. The molecule has 4 saturated carbocycles. The van der Waals surface area contributed by atoms with Gasteiger partial charge in [0.15, 0.2) is 0 Å². The highest BCUT2D eigenvalue weighted by Crippen LogP contribution is 2.61. The second kappa shape index (κ2) is 3.77. The lowest BCUT2D eigenvalue weighted by atomic mass is 9.48. The van der Waals surface area contributed by atoms with E-state index in [1.807, 2.05) is 0 Å². The van der Waals surface area contributed by atoms with E-state index in [0.29, 0.717) is 0 Å². The van der Waals surface area contributed by atoms with Gasteiger partial charge in [0, 0.05) is 6.42 Å². The van der Waals surface area contributed by atoms with Crippen LogP contribution in [0.1, 0.15) is 51.4 Å². The summed E-state index contributed by atoms with van der Waals surface area (Å²) < 4.78 is 0. The van der Waals surface area contributed by atoms with Gasteiger partial charge in [-0.3, -0.25) is 0 Å². The molecule has 4 rings (SSSR count). The van der Waals surface area contributed by atoms with Crippen LogP contribution in [0, 0.1) is 35.5 Å². The first-order valence-corrected chi connectivity index (χ1v) is 6.83. The zero-order valence-corrected chi connectivity index (χ0v) is 9.99. The highest BCUT2D eigenvalue weighted by atomic mass is 16.3. The topological polar surface area (TPSA) is 20.2 Å². The Labute approximate surface area is 98.6 Å². The van der Waals surface area contributed by atoms with Crippen LogP contribution < -0.4 is 0 Å². The first kappa shape index (κ1) is 10.7. The lowest BCUT2D eigenvalue weighted by Crippen LogP contribution is -2.51. The van der Waals surface area contributed by atoms with Gasteiger partial charge in [0.25, 0.3) is 0 Å². The summed E-state index contributed by atoms with van der Waals surface area (Å²) in [5.74, 6) is 5.44. The average Bonchev–Trinajstić information content (AvgIpc) is 2.24. The molecule has 1 heteroatoms. The van der Waals surface area contributed by atoms with Gasteiger partial charge in [0.05, 0.1) is 6.10 Å². The molecule has 0 spiro atoms. The quantitative estimate of drug-likeness (QED) is 0.722. The molecule has 0 aromatic heterocycles. The highest BCUT2D eigenvalue weighted by Gasteiger charge is 2.53. The van der Waals surface area contributed by atoms with Gasteiger partial charge in [-0.1, -0.05) is 0 Å². The smallest absolute Gasteiger partial charge is 0.0605 e. The summed E-state index contributed by atoms with van der Waals surface area (Å²) in [6.07, 6.45) is 14.9. The SMILES string of the molecule is C#CCCC(O)C12CC3CC(CC(C3)C1)C2. The van der Waals surface area contributed by atoms with Gasteiger partial charge < -0.3 is 5.11 Å². The predicted molar refractivity (Wildman–Crippen MR) is 64.7 cm³/mol. The average molecular weight is 218 g/mol. The number of hydrogen-bond donors (Lipinski definition) is 1. The molecule has 88 valence electrons. The first-order chi connectivity index (χ1) is 7.72. The van der Waals surface area contributed by atoms with Crippen molar-refractivity contribution in [3.8, 4) is 12.3 Å². The van der Waals surface area contributed by atoms with Gasteiger partial charge in [0.1, 0.15) is 0 Å². The summed E-state index contributed by atoms with van der Waals surface area (Å²) in [5.41, 5.74) is 0.269. The van der Waals surface area contributed by atoms with Crippen molar-refractivity contribution < 1.29 is 5.11 Å². The van der Waals surface area contributed by atoms with Crippen LogP contribution in [0.2, 0.25) is 0 Å². The fraction of sp³-hybridized carbons (Fsp3) is 0.867. The van der Waals surface area contributed by atoms with Gasteiger partial charge in [-0.2, -0.15) is 0 Å². The van der Waals surface area contributed by atoms with Gasteiger partial charge in [-0.25, -0.2) is 0 Å². The van der Waals surface area contributed by atoms with Crippen molar-refractivity contribution in [3.05, 3.63) is 0 Å². The Morgan fingerprint density at radius 3 is 2.06 bits per heavy atom. The fourth-order valence-electron chi connectivity index (χ4n) is 5.11. The van der Waals surface area contributed by atoms with Crippen molar-refractivity contribution in [1.29, 1.82) is 0 Å². The third-order valence-corrected chi connectivity index (χ3v) is 5.35. The Kier molecular flexibility index (Phi) is 2.51. The van der Waals surface area contributed by atoms with Gasteiger partial charge in [0.2, 0.25) is 0 Å². The largest absolute Gasteiger partial charge is 0.393 e. The summed E-state index contributed by atoms with van der Waals surface area (Å²) >= 11 is 0. The second-order valence-corrected chi connectivity index (χ2v) is 6.54. The van der Waals surface area contributed by atoms with Crippen molar-refractivity contribution in [2.75, 3.05) is 0 Å². The Morgan fingerprint density at radius 1 is 1.12 bits per heavy atom. The van der Waals surface area contributed by atoms with Crippen LogP contribution in [0.4, 0.5) is 0 Å². The van der Waals surface area contributed by atoms with Crippen LogP contribution >= 0.6 is 0 Å². The van der Waals surface area contributed by atoms with E-state index in [9.17, 15) is 5.11 Å². The van der Waals surface area contributed by atoms with Crippen LogP contribution in [0.25, 0.3) is 0 Å². The molecule has 0 amide bonds. The number of rotatable bonds is 3. The number of terminal acetylenes is 1. The highest BCUT2D eigenvalue weighted by molar-refractivity contribution is 5.04. The second-order valence-electron chi connectivity index (χ2n) is 6.54. The maximum Gasteiger partial charge on any atom is 0.0605 e. The van der Waals surface area contributed by atoms with E-state index in [4.69, 9.17) is 6.42 Å². The van der Waals surface area contributed by atoms with E-state index in [1.165, 1.54) is 38.5 Å². The van der Waals surface area contributed by atoms with Crippen LogP contribution in [0.5, 0.6) is 0 Å². The molecule has 1 atom stereocenters. The molecule has 1 N–H and O–H groups in total. The maximum atomic E-state index is 10.4. The molecule has 4 aliphatic carbocycles. The number of aliphatic hydroxyl groups is 1. The molecule has 0 aromatic carbocycles. The van der Waals surface area contributed by atoms with E-state index in [-0.39, 0.29) is 11.5 Å². The minimum absolute atomic E-state index is 0.128. The molecule has 0 heterocycles. The van der Waals surface area contributed by atoms with Crippen LogP contribution in [0.3, 0.4) is 0 Å². The lowest BCUT2D eigenvalue weighted by molar-refractivity contribution is -0.121. The van der Waals surface area contributed by atoms with Crippen molar-refractivity contribution in [3.63, 3.8) is 0 Å². The molecular weight excluding hydrogens is 196 g/mol. The zero-order chi connectivity index (χ0) is 11.2. The molecule has 4 bridgehead atoms. The molecule has 0 aliphatic heterocycles.